The number of amides is 1. The van der Waals surface area contributed by atoms with Gasteiger partial charge in [-0.15, -0.1) is 0 Å². The van der Waals surface area contributed by atoms with Crippen LogP contribution in [-0.2, 0) is 0 Å². The van der Waals surface area contributed by atoms with Gasteiger partial charge >= 0.3 is 0 Å². The number of benzene rings is 1. The van der Waals surface area contributed by atoms with E-state index in [4.69, 9.17) is 0 Å². The molecule has 1 aliphatic carbocycles. The van der Waals surface area contributed by atoms with E-state index in [2.05, 4.69) is 6.92 Å². The molecule has 1 aromatic carbocycles. The van der Waals surface area contributed by atoms with Crippen molar-refractivity contribution in [3.05, 3.63) is 34.9 Å². The van der Waals surface area contributed by atoms with Gasteiger partial charge in [0.2, 0.25) is 0 Å². The first-order valence-corrected chi connectivity index (χ1v) is 7.01. The number of aliphatic hydroxyl groups excluding tert-OH is 1. The van der Waals surface area contributed by atoms with Crippen molar-refractivity contribution in [3.63, 3.8) is 0 Å². The molecule has 0 heterocycles. The Hall–Kier alpha value is -1.35. The minimum Gasteiger partial charge on any atom is -0.393 e. The molecule has 1 amide bonds. The number of carbonyl (C=O) groups excluding carboxylic acids is 1. The SMILES string of the molecule is Cc1ccc(C(=O)N(C)C2CCC(O)CC2)cc1C. The van der Waals surface area contributed by atoms with E-state index in [1.165, 1.54) is 5.56 Å². The second-order valence-electron chi connectivity index (χ2n) is 5.68. The smallest absolute Gasteiger partial charge is 0.253 e. The zero-order valence-electron chi connectivity index (χ0n) is 12.0. The van der Waals surface area contributed by atoms with E-state index in [-0.39, 0.29) is 18.1 Å². The van der Waals surface area contributed by atoms with Crippen molar-refractivity contribution in [2.45, 2.75) is 51.7 Å². The third kappa shape index (κ3) is 3.16. The fraction of sp³-hybridized carbons (Fsp3) is 0.562. The highest BCUT2D eigenvalue weighted by molar-refractivity contribution is 5.94. The average molecular weight is 261 g/mol. The van der Waals surface area contributed by atoms with Gasteiger partial charge in [0.05, 0.1) is 6.10 Å². The largest absolute Gasteiger partial charge is 0.393 e. The Morgan fingerprint density at radius 3 is 2.37 bits per heavy atom. The van der Waals surface area contributed by atoms with E-state index < -0.39 is 0 Å². The Balaban J connectivity index is 2.08. The Morgan fingerprint density at radius 2 is 1.79 bits per heavy atom. The third-order valence-corrected chi connectivity index (χ3v) is 4.29. The van der Waals surface area contributed by atoms with Crippen molar-refractivity contribution in [1.29, 1.82) is 0 Å². The quantitative estimate of drug-likeness (QED) is 0.889. The van der Waals surface area contributed by atoms with Gasteiger partial charge in [-0.1, -0.05) is 6.07 Å². The van der Waals surface area contributed by atoms with Gasteiger partial charge in [0, 0.05) is 18.7 Å². The molecule has 3 heteroatoms. The minimum atomic E-state index is -0.179. The molecule has 1 aliphatic rings. The van der Waals surface area contributed by atoms with E-state index >= 15 is 0 Å². The fourth-order valence-electron chi connectivity index (χ4n) is 2.69. The van der Waals surface area contributed by atoms with E-state index in [0.29, 0.717) is 0 Å². The van der Waals surface area contributed by atoms with Crippen LogP contribution >= 0.6 is 0 Å². The molecular formula is C16H23NO2. The lowest BCUT2D eigenvalue weighted by Gasteiger charge is -2.33. The normalized spacial score (nSPS) is 23.2. The van der Waals surface area contributed by atoms with Crippen LogP contribution in [0.5, 0.6) is 0 Å². The van der Waals surface area contributed by atoms with Gasteiger partial charge in [-0.05, 0) is 62.8 Å². The summed E-state index contributed by atoms with van der Waals surface area (Å²) >= 11 is 0. The molecule has 2 rings (SSSR count). The second kappa shape index (κ2) is 5.74. The maximum Gasteiger partial charge on any atom is 0.253 e. The molecule has 0 saturated heterocycles. The fourth-order valence-corrected chi connectivity index (χ4v) is 2.69. The summed E-state index contributed by atoms with van der Waals surface area (Å²) in [7, 11) is 1.87. The van der Waals surface area contributed by atoms with Crippen LogP contribution in [0.3, 0.4) is 0 Å². The van der Waals surface area contributed by atoms with Crippen LogP contribution in [0.4, 0.5) is 0 Å². The monoisotopic (exact) mass is 261 g/mol. The predicted molar refractivity (Wildman–Crippen MR) is 76.3 cm³/mol. The van der Waals surface area contributed by atoms with Crippen LogP contribution in [0.1, 0.15) is 47.2 Å². The van der Waals surface area contributed by atoms with Crippen LogP contribution in [0.15, 0.2) is 18.2 Å². The molecule has 1 saturated carbocycles. The summed E-state index contributed by atoms with van der Waals surface area (Å²) in [6, 6.07) is 6.13. The molecule has 1 aromatic rings. The van der Waals surface area contributed by atoms with Gasteiger partial charge in [0.1, 0.15) is 0 Å². The lowest BCUT2D eigenvalue weighted by molar-refractivity contribution is 0.0569. The van der Waals surface area contributed by atoms with Crippen LogP contribution in [0.25, 0.3) is 0 Å². The molecule has 0 aromatic heterocycles. The second-order valence-corrected chi connectivity index (χ2v) is 5.68. The zero-order chi connectivity index (χ0) is 14.0. The van der Waals surface area contributed by atoms with Crippen LogP contribution in [0.2, 0.25) is 0 Å². The highest BCUT2D eigenvalue weighted by atomic mass is 16.3. The molecule has 0 spiro atoms. The summed E-state index contributed by atoms with van der Waals surface area (Å²) in [5.74, 6) is 0.0875. The molecule has 1 fully saturated rings. The number of aliphatic hydroxyl groups is 1. The molecule has 0 radical (unpaired) electrons. The van der Waals surface area contributed by atoms with Crippen molar-refractivity contribution in [1.82, 2.24) is 4.90 Å². The Morgan fingerprint density at radius 1 is 1.16 bits per heavy atom. The summed E-state index contributed by atoms with van der Waals surface area (Å²) < 4.78 is 0. The van der Waals surface area contributed by atoms with E-state index in [1.54, 1.807) is 0 Å². The Bertz CT molecular complexity index is 462. The van der Waals surface area contributed by atoms with Crippen molar-refractivity contribution in [2.75, 3.05) is 7.05 Å². The topological polar surface area (TPSA) is 40.5 Å². The number of rotatable bonds is 2. The third-order valence-electron chi connectivity index (χ3n) is 4.29. The van der Waals surface area contributed by atoms with Crippen molar-refractivity contribution >= 4 is 5.91 Å². The number of carbonyl (C=O) groups is 1. The number of hydrogen-bond donors (Lipinski definition) is 1. The molecule has 104 valence electrons. The maximum atomic E-state index is 12.5. The summed E-state index contributed by atoms with van der Waals surface area (Å²) in [5.41, 5.74) is 3.12. The van der Waals surface area contributed by atoms with Crippen LogP contribution in [0, 0.1) is 13.8 Å². The molecule has 3 nitrogen and oxygen atoms in total. The highest BCUT2D eigenvalue weighted by Crippen LogP contribution is 2.23. The lowest BCUT2D eigenvalue weighted by Crippen LogP contribution is -2.40. The van der Waals surface area contributed by atoms with Crippen molar-refractivity contribution in [2.24, 2.45) is 0 Å². The number of aryl methyl sites for hydroxylation is 2. The Kier molecular flexibility index (Phi) is 4.25. The summed E-state index contributed by atoms with van der Waals surface area (Å²) in [5, 5.41) is 9.53. The molecule has 0 bridgehead atoms. The van der Waals surface area contributed by atoms with Crippen LogP contribution in [-0.4, -0.2) is 35.1 Å². The summed E-state index contributed by atoms with van der Waals surface area (Å²) in [6.07, 6.45) is 3.22. The zero-order valence-corrected chi connectivity index (χ0v) is 12.0. The number of nitrogens with zero attached hydrogens (tertiary/aromatic N) is 1. The lowest BCUT2D eigenvalue weighted by atomic mass is 9.92. The van der Waals surface area contributed by atoms with Gasteiger partial charge in [-0.2, -0.15) is 0 Å². The standard InChI is InChI=1S/C16H23NO2/c1-11-4-5-13(10-12(11)2)16(19)17(3)14-6-8-15(18)9-7-14/h4-5,10,14-15,18H,6-9H2,1-3H3. The van der Waals surface area contributed by atoms with E-state index in [9.17, 15) is 9.90 Å². The molecule has 19 heavy (non-hydrogen) atoms. The van der Waals surface area contributed by atoms with E-state index in [0.717, 1.165) is 36.8 Å². The summed E-state index contributed by atoms with van der Waals surface area (Å²) in [4.78, 5) is 14.3. The van der Waals surface area contributed by atoms with Gasteiger partial charge in [-0.3, -0.25) is 4.79 Å². The first-order valence-electron chi connectivity index (χ1n) is 7.01. The first kappa shape index (κ1) is 14.1. The van der Waals surface area contributed by atoms with Gasteiger partial charge in [-0.25, -0.2) is 0 Å². The Labute approximate surface area is 115 Å². The average Bonchev–Trinajstić information content (AvgIpc) is 2.41. The minimum absolute atomic E-state index is 0.0875. The maximum absolute atomic E-state index is 12.5. The van der Waals surface area contributed by atoms with Gasteiger partial charge in [0.15, 0.2) is 0 Å². The van der Waals surface area contributed by atoms with Crippen LogP contribution < -0.4 is 0 Å². The highest BCUT2D eigenvalue weighted by Gasteiger charge is 2.26. The van der Waals surface area contributed by atoms with E-state index in [1.807, 2.05) is 37.1 Å². The first-order chi connectivity index (χ1) is 8.99. The molecule has 0 aliphatic heterocycles. The van der Waals surface area contributed by atoms with Crippen molar-refractivity contribution in [3.8, 4) is 0 Å². The molecule has 1 N–H and O–H groups in total. The van der Waals surface area contributed by atoms with Gasteiger partial charge in [0.25, 0.3) is 5.91 Å². The van der Waals surface area contributed by atoms with Gasteiger partial charge < -0.3 is 10.0 Å². The number of hydrogen-bond acceptors (Lipinski definition) is 2. The molecule has 0 unspecified atom stereocenters. The predicted octanol–water partition coefficient (Wildman–Crippen LogP) is 2.68. The molecular weight excluding hydrogens is 238 g/mol. The molecule has 0 atom stereocenters. The van der Waals surface area contributed by atoms with Crippen molar-refractivity contribution < 1.29 is 9.90 Å². The summed E-state index contributed by atoms with van der Waals surface area (Å²) in [6.45, 7) is 4.08.